The number of hydrogen-bond donors (Lipinski definition) is 1. The molecular weight excluding hydrogens is 351 g/mol. The van der Waals surface area contributed by atoms with Gasteiger partial charge in [-0.2, -0.15) is 13.2 Å². The van der Waals surface area contributed by atoms with Crippen LogP contribution in [0.3, 0.4) is 0 Å². The summed E-state index contributed by atoms with van der Waals surface area (Å²) in [5.74, 6) is 0.333. The van der Waals surface area contributed by atoms with Gasteiger partial charge in [0.05, 0.1) is 17.9 Å². The number of anilines is 2. The number of rotatable bonds is 5. The summed E-state index contributed by atoms with van der Waals surface area (Å²) < 4.78 is 46.2. The van der Waals surface area contributed by atoms with Gasteiger partial charge in [0.25, 0.3) is 0 Å². The molecule has 0 unspecified atom stereocenters. The number of nitrogens with one attached hydrogen (secondary N) is 1. The topological polar surface area (TPSA) is 39.1 Å². The van der Waals surface area contributed by atoms with Gasteiger partial charge in [0, 0.05) is 30.5 Å². The summed E-state index contributed by atoms with van der Waals surface area (Å²) in [4.78, 5) is 4.03. The van der Waals surface area contributed by atoms with Gasteiger partial charge in [-0.3, -0.25) is 0 Å². The second kappa shape index (κ2) is 6.48. The van der Waals surface area contributed by atoms with Crippen LogP contribution in [0.1, 0.15) is 5.56 Å². The number of aromatic nitrogens is 2. The van der Waals surface area contributed by atoms with Crippen molar-refractivity contribution in [1.82, 2.24) is 9.55 Å². The minimum atomic E-state index is -4.45. The molecule has 0 amide bonds. The van der Waals surface area contributed by atoms with Gasteiger partial charge in [-0.05, 0) is 18.2 Å². The van der Waals surface area contributed by atoms with Crippen LogP contribution in [0, 0.1) is 0 Å². The van der Waals surface area contributed by atoms with Crippen LogP contribution >= 0.6 is 15.9 Å². The number of nitrogens with zero attached hydrogens (tertiary/aromatic N) is 2. The maximum atomic E-state index is 13.1. The third-order valence-corrected chi connectivity index (χ3v) is 3.28. The molecule has 21 heavy (non-hydrogen) atoms. The smallest absolute Gasteiger partial charge is 0.383 e. The van der Waals surface area contributed by atoms with E-state index in [-0.39, 0.29) is 5.69 Å². The summed E-state index contributed by atoms with van der Waals surface area (Å²) in [6.45, 7) is 0.939. The summed E-state index contributed by atoms with van der Waals surface area (Å²) in [6.07, 6.45) is -1.26. The SMILES string of the molecule is COCCn1ccnc1Nc1ccc(Br)cc1C(F)(F)F. The summed E-state index contributed by atoms with van der Waals surface area (Å²) in [7, 11) is 1.56. The summed E-state index contributed by atoms with van der Waals surface area (Å²) >= 11 is 3.05. The molecule has 0 aliphatic carbocycles. The van der Waals surface area contributed by atoms with Crippen molar-refractivity contribution in [2.75, 3.05) is 19.0 Å². The highest BCUT2D eigenvalue weighted by molar-refractivity contribution is 9.10. The Labute approximate surface area is 128 Å². The normalized spacial score (nSPS) is 11.7. The van der Waals surface area contributed by atoms with Crippen molar-refractivity contribution < 1.29 is 17.9 Å². The molecule has 114 valence electrons. The van der Waals surface area contributed by atoms with Gasteiger partial charge in [0.1, 0.15) is 0 Å². The molecule has 1 aromatic carbocycles. The van der Waals surface area contributed by atoms with Crippen LogP contribution in [-0.4, -0.2) is 23.3 Å². The molecule has 2 rings (SSSR count). The minimum absolute atomic E-state index is 0.0458. The molecule has 4 nitrogen and oxygen atoms in total. The van der Waals surface area contributed by atoms with Crippen LogP contribution in [0.5, 0.6) is 0 Å². The number of hydrogen-bond acceptors (Lipinski definition) is 3. The summed E-state index contributed by atoms with van der Waals surface area (Å²) in [5, 5.41) is 2.72. The maximum Gasteiger partial charge on any atom is 0.418 e. The Bertz CT molecular complexity index is 613. The largest absolute Gasteiger partial charge is 0.418 e. The average molecular weight is 364 g/mol. The van der Waals surface area contributed by atoms with Gasteiger partial charge in [-0.15, -0.1) is 0 Å². The number of methoxy groups -OCH3 is 1. The van der Waals surface area contributed by atoms with Crippen molar-refractivity contribution in [2.24, 2.45) is 0 Å². The Morgan fingerprint density at radius 2 is 2.14 bits per heavy atom. The Balaban J connectivity index is 2.30. The van der Waals surface area contributed by atoms with Crippen molar-refractivity contribution in [3.63, 3.8) is 0 Å². The minimum Gasteiger partial charge on any atom is -0.383 e. The average Bonchev–Trinajstić information content (AvgIpc) is 2.84. The second-order valence-electron chi connectivity index (χ2n) is 4.25. The van der Waals surface area contributed by atoms with E-state index in [0.717, 1.165) is 6.07 Å². The van der Waals surface area contributed by atoms with Gasteiger partial charge < -0.3 is 14.6 Å². The third-order valence-electron chi connectivity index (χ3n) is 2.79. The number of alkyl halides is 3. The first-order valence-electron chi connectivity index (χ1n) is 6.05. The van der Waals surface area contributed by atoms with Gasteiger partial charge in [-0.25, -0.2) is 4.98 Å². The van der Waals surface area contributed by atoms with Crippen molar-refractivity contribution in [2.45, 2.75) is 12.7 Å². The van der Waals surface area contributed by atoms with Gasteiger partial charge >= 0.3 is 6.18 Å². The molecule has 0 radical (unpaired) electrons. The summed E-state index contributed by atoms with van der Waals surface area (Å²) in [5.41, 5.74) is -0.797. The van der Waals surface area contributed by atoms with Crippen molar-refractivity contribution in [3.05, 3.63) is 40.6 Å². The molecule has 0 saturated heterocycles. The van der Waals surface area contributed by atoms with Gasteiger partial charge in [-0.1, -0.05) is 15.9 Å². The summed E-state index contributed by atoms with van der Waals surface area (Å²) in [6, 6.07) is 3.94. The van der Waals surface area contributed by atoms with E-state index < -0.39 is 11.7 Å². The molecule has 0 atom stereocenters. The zero-order valence-electron chi connectivity index (χ0n) is 11.1. The molecule has 1 heterocycles. The highest BCUT2D eigenvalue weighted by atomic mass is 79.9. The lowest BCUT2D eigenvalue weighted by molar-refractivity contribution is -0.137. The predicted molar refractivity (Wildman–Crippen MR) is 76.5 cm³/mol. The highest BCUT2D eigenvalue weighted by Gasteiger charge is 2.34. The van der Waals surface area contributed by atoms with E-state index in [9.17, 15) is 13.2 Å². The zero-order valence-corrected chi connectivity index (χ0v) is 12.7. The first-order chi connectivity index (χ1) is 9.91. The molecule has 1 N–H and O–H groups in total. The van der Waals surface area contributed by atoms with E-state index in [0.29, 0.717) is 23.6 Å². The lowest BCUT2D eigenvalue weighted by Crippen LogP contribution is -2.12. The molecule has 0 spiro atoms. The Kier molecular flexibility index (Phi) is 4.89. The molecule has 0 bridgehead atoms. The van der Waals surface area contributed by atoms with E-state index >= 15 is 0 Å². The van der Waals surface area contributed by atoms with Crippen LogP contribution in [-0.2, 0) is 17.5 Å². The molecule has 0 saturated carbocycles. The van der Waals surface area contributed by atoms with E-state index in [4.69, 9.17) is 4.74 Å². The van der Waals surface area contributed by atoms with Crippen LogP contribution in [0.15, 0.2) is 35.1 Å². The van der Waals surface area contributed by atoms with Gasteiger partial charge in [0.2, 0.25) is 5.95 Å². The Morgan fingerprint density at radius 3 is 2.81 bits per heavy atom. The van der Waals surface area contributed by atoms with E-state index in [1.807, 2.05) is 0 Å². The molecule has 0 fully saturated rings. The fourth-order valence-electron chi connectivity index (χ4n) is 1.78. The van der Waals surface area contributed by atoms with Crippen LogP contribution in [0.2, 0.25) is 0 Å². The number of halogens is 4. The molecule has 8 heteroatoms. The zero-order chi connectivity index (χ0) is 15.5. The fourth-order valence-corrected chi connectivity index (χ4v) is 2.14. The van der Waals surface area contributed by atoms with E-state index in [1.54, 1.807) is 23.9 Å². The first kappa shape index (κ1) is 15.8. The maximum absolute atomic E-state index is 13.1. The van der Waals surface area contributed by atoms with Crippen LogP contribution in [0.25, 0.3) is 0 Å². The van der Waals surface area contributed by atoms with E-state index in [2.05, 4.69) is 26.2 Å². The van der Waals surface area contributed by atoms with Crippen LogP contribution in [0.4, 0.5) is 24.8 Å². The van der Waals surface area contributed by atoms with Crippen molar-refractivity contribution in [1.29, 1.82) is 0 Å². The van der Waals surface area contributed by atoms with Crippen molar-refractivity contribution in [3.8, 4) is 0 Å². The molecule has 1 aromatic heterocycles. The van der Waals surface area contributed by atoms with Gasteiger partial charge in [0.15, 0.2) is 0 Å². The predicted octanol–water partition coefficient (Wildman–Crippen LogP) is 4.05. The fraction of sp³-hybridized carbons (Fsp3) is 0.308. The molecular formula is C13H13BrF3N3O. The monoisotopic (exact) mass is 363 g/mol. The first-order valence-corrected chi connectivity index (χ1v) is 6.85. The quantitative estimate of drug-likeness (QED) is 0.870. The molecule has 2 aromatic rings. The molecule has 0 aliphatic rings. The third kappa shape index (κ3) is 3.98. The number of imidazole rings is 1. The standard InChI is InChI=1S/C13H13BrF3N3O/c1-21-7-6-20-5-4-18-12(20)19-11-3-2-9(14)8-10(11)13(15,16)17/h2-5,8H,6-7H2,1H3,(H,18,19). The van der Waals surface area contributed by atoms with Crippen LogP contribution < -0.4 is 5.32 Å². The highest BCUT2D eigenvalue weighted by Crippen LogP contribution is 2.37. The second-order valence-corrected chi connectivity index (χ2v) is 5.17. The molecule has 0 aliphatic heterocycles. The van der Waals surface area contributed by atoms with E-state index in [1.165, 1.54) is 12.3 Å². The number of ether oxygens (including phenoxy) is 1. The lowest BCUT2D eigenvalue weighted by atomic mass is 10.1. The number of benzene rings is 1. The lowest BCUT2D eigenvalue weighted by Gasteiger charge is -2.15. The Morgan fingerprint density at radius 1 is 1.38 bits per heavy atom. The Hall–Kier alpha value is -1.54. The van der Waals surface area contributed by atoms with Crippen molar-refractivity contribution >= 4 is 27.6 Å².